The van der Waals surface area contributed by atoms with Crippen LogP contribution in [0.4, 0.5) is 22.0 Å². The van der Waals surface area contributed by atoms with E-state index in [0.29, 0.717) is 45.3 Å². The summed E-state index contributed by atoms with van der Waals surface area (Å²) in [4.78, 5) is 29.6. The number of alkyl halides is 3. The number of amides is 1. The third-order valence-electron chi connectivity index (χ3n) is 7.17. The number of hydrogen-bond acceptors (Lipinski definition) is 5. The molecule has 2 atom stereocenters. The van der Waals surface area contributed by atoms with Crippen molar-refractivity contribution in [1.82, 2.24) is 10.3 Å². The van der Waals surface area contributed by atoms with Crippen LogP contribution in [0.15, 0.2) is 91.1 Å². The zero-order valence-electron chi connectivity index (χ0n) is 23.9. The lowest BCUT2D eigenvalue weighted by molar-refractivity contribution is -0.198. The van der Waals surface area contributed by atoms with E-state index in [0.717, 1.165) is 12.1 Å². The van der Waals surface area contributed by atoms with Crippen molar-refractivity contribution < 1.29 is 41.4 Å². The summed E-state index contributed by atoms with van der Waals surface area (Å²) in [5, 5.41) is 21.9. The highest BCUT2D eigenvalue weighted by Gasteiger charge is 2.43. The van der Waals surface area contributed by atoms with Crippen molar-refractivity contribution in [3.8, 4) is 22.9 Å². The molecule has 0 aliphatic heterocycles. The van der Waals surface area contributed by atoms with Gasteiger partial charge in [-0.1, -0.05) is 66.2 Å². The summed E-state index contributed by atoms with van der Waals surface area (Å²) >= 11 is 6.41. The van der Waals surface area contributed by atoms with E-state index in [-0.39, 0.29) is 17.0 Å². The monoisotopic (exact) mass is 665 g/mol. The molecule has 0 saturated heterocycles. The van der Waals surface area contributed by atoms with Crippen molar-refractivity contribution in [3.63, 3.8) is 0 Å². The number of nitrogens with one attached hydrogen (secondary N) is 1. The molecule has 5 aromatic rings. The van der Waals surface area contributed by atoms with Crippen molar-refractivity contribution in [2.24, 2.45) is 0 Å². The number of carboxylic acid groups (broad SMARTS) is 1. The highest BCUT2D eigenvalue weighted by atomic mass is 35.5. The highest BCUT2D eigenvalue weighted by Crippen LogP contribution is 2.38. The third kappa shape index (κ3) is 7.15. The number of carbonyl (C=O) groups is 2. The van der Waals surface area contributed by atoms with Crippen molar-refractivity contribution in [2.45, 2.75) is 24.7 Å². The second-order valence-corrected chi connectivity index (χ2v) is 10.7. The molecule has 4 aromatic carbocycles. The average Bonchev–Trinajstić information content (AvgIpc) is 3.03. The number of aromatic nitrogens is 1. The molecule has 7 nitrogen and oxygen atoms in total. The largest absolute Gasteiger partial charge is 0.480 e. The number of nitriles is 1. The van der Waals surface area contributed by atoms with Crippen molar-refractivity contribution in [3.05, 3.63) is 130 Å². The molecule has 0 bridgehead atoms. The van der Waals surface area contributed by atoms with Gasteiger partial charge in [0.2, 0.25) is 6.10 Å². The Morgan fingerprint density at radius 1 is 0.957 bits per heavy atom. The van der Waals surface area contributed by atoms with Crippen LogP contribution in [0.2, 0.25) is 5.02 Å². The molecule has 47 heavy (non-hydrogen) atoms. The molecular formula is C34H21ClF5N3O4. The number of pyridine rings is 1. The summed E-state index contributed by atoms with van der Waals surface area (Å²) in [7, 11) is 0. The van der Waals surface area contributed by atoms with E-state index in [4.69, 9.17) is 21.6 Å². The number of halogens is 6. The number of nitrogens with zero attached hydrogens (tertiary/aromatic N) is 2. The molecule has 1 amide bonds. The van der Waals surface area contributed by atoms with Crippen LogP contribution in [0.5, 0.6) is 5.75 Å². The number of hydrogen-bond donors (Lipinski definition) is 2. The minimum atomic E-state index is -4.94. The van der Waals surface area contributed by atoms with Crippen molar-refractivity contribution in [1.29, 1.82) is 5.26 Å². The number of benzene rings is 4. The molecule has 0 unspecified atom stereocenters. The van der Waals surface area contributed by atoms with Gasteiger partial charge >= 0.3 is 12.1 Å². The minimum Gasteiger partial charge on any atom is -0.480 e. The SMILES string of the molecule is N#Cc1ccc(-c2ccc(C[C@H](NC(=O)c3c(F)cc(O[C@H](c4ccccc4)C(F)(F)F)cc3F)C(=O)O)c3cccnc23)c(Cl)c1. The van der Waals surface area contributed by atoms with Crippen LogP contribution in [0, 0.1) is 23.0 Å². The van der Waals surface area contributed by atoms with Crippen molar-refractivity contribution in [2.75, 3.05) is 0 Å². The lowest BCUT2D eigenvalue weighted by Crippen LogP contribution is -2.43. The molecule has 0 fully saturated rings. The van der Waals surface area contributed by atoms with Crippen LogP contribution >= 0.6 is 11.6 Å². The van der Waals surface area contributed by atoms with Gasteiger partial charge in [-0.2, -0.15) is 18.4 Å². The lowest BCUT2D eigenvalue weighted by atomic mass is 9.94. The van der Waals surface area contributed by atoms with Crippen LogP contribution in [0.3, 0.4) is 0 Å². The van der Waals surface area contributed by atoms with Crippen LogP contribution in [-0.2, 0) is 11.2 Å². The fourth-order valence-corrected chi connectivity index (χ4v) is 5.29. The number of fused-ring (bicyclic) bond motifs is 1. The Kier molecular flexibility index (Phi) is 9.39. The van der Waals surface area contributed by atoms with E-state index < -0.39 is 53.1 Å². The summed E-state index contributed by atoms with van der Waals surface area (Å²) < 4.78 is 76.1. The third-order valence-corrected chi connectivity index (χ3v) is 7.48. The Morgan fingerprint density at radius 3 is 2.26 bits per heavy atom. The lowest BCUT2D eigenvalue weighted by Gasteiger charge is -2.22. The van der Waals surface area contributed by atoms with Crippen LogP contribution in [-0.4, -0.2) is 34.2 Å². The highest BCUT2D eigenvalue weighted by molar-refractivity contribution is 6.33. The van der Waals surface area contributed by atoms with E-state index in [1.807, 2.05) is 6.07 Å². The van der Waals surface area contributed by atoms with Gasteiger partial charge < -0.3 is 15.2 Å². The van der Waals surface area contributed by atoms with E-state index >= 15 is 8.78 Å². The van der Waals surface area contributed by atoms with Gasteiger partial charge in [-0.25, -0.2) is 13.6 Å². The maximum absolute atomic E-state index is 15.0. The summed E-state index contributed by atoms with van der Waals surface area (Å²) in [6.07, 6.45) is -6.31. The quantitative estimate of drug-likeness (QED) is 0.155. The number of rotatable bonds is 9. The second-order valence-electron chi connectivity index (χ2n) is 10.3. The molecule has 0 radical (unpaired) electrons. The molecular weight excluding hydrogens is 645 g/mol. The summed E-state index contributed by atoms with van der Waals surface area (Å²) in [5.74, 6) is -6.93. The standard InChI is InChI=1S/C34H21ClF5N3O4/c35-25-13-18(17-41)8-10-23(25)24-11-9-20(22-7-4-12-42-30(22)24)14-28(33(45)46)43-32(44)29-26(36)15-21(16-27(29)37)47-31(34(38,39)40)19-5-2-1-3-6-19/h1-13,15-16,28,31H,14H2,(H,43,44)(H,45,46)/t28-,31+/m0/s1. The maximum atomic E-state index is 15.0. The Balaban J connectivity index is 1.41. The first kappa shape index (κ1) is 32.8. The van der Waals surface area contributed by atoms with Gasteiger partial charge in [-0.3, -0.25) is 9.78 Å². The number of carboxylic acids is 1. The van der Waals surface area contributed by atoms with Crippen LogP contribution in [0.1, 0.15) is 33.2 Å². The first-order valence-corrected chi connectivity index (χ1v) is 14.1. The van der Waals surface area contributed by atoms with Gasteiger partial charge in [-0.05, 0) is 23.8 Å². The molecule has 1 aromatic heterocycles. The smallest absolute Gasteiger partial charge is 0.429 e. The fourth-order valence-electron chi connectivity index (χ4n) is 5.00. The number of carbonyl (C=O) groups excluding carboxylic acids is 1. The van der Waals surface area contributed by atoms with E-state index in [1.54, 1.807) is 36.4 Å². The van der Waals surface area contributed by atoms with E-state index in [2.05, 4.69) is 10.3 Å². The molecule has 2 N–H and O–H groups in total. The topological polar surface area (TPSA) is 112 Å². The number of aliphatic carboxylic acids is 1. The molecule has 0 aliphatic rings. The maximum Gasteiger partial charge on any atom is 0.429 e. The van der Waals surface area contributed by atoms with E-state index in [9.17, 15) is 27.9 Å². The second kappa shape index (κ2) is 13.4. The first-order valence-electron chi connectivity index (χ1n) is 13.7. The van der Waals surface area contributed by atoms with Crippen LogP contribution < -0.4 is 10.1 Å². The number of ether oxygens (including phenoxy) is 1. The minimum absolute atomic E-state index is 0.286. The zero-order chi connectivity index (χ0) is 33.9. The van der Waals surface area contributed by atoms with Gasteiger partial charge in [-0.15, -0.1) is 0 Å². The van der Waals surface area contributed by atoms with Crippen molar-refractivity contribution >= 4 is 34.4 Å². The van der Waals surface area contributed by atoms with E-state index in [1.165, 1.54) is 30.5 Å². The molecule has 5 rings (SSSR count). The molecule has 238 valence electrons. The average molecular weight is 666 g/mol. The van der Waals surface area contributed by atoms with Crippen LogP contribution in [0.25, 0.3) is 22.0 Å². The van der Waals surface area contributed by atoms with Gasteiger partial charge in [0.15, 0.2) is 0 Å². The Morgan fingerprint density at radius 2 is 1.64 bits per heavy atom. The normalized spacial score (nSPS) is 12.6. The Bertz CT molecular complexity index is 2010. The Labute approximate surface area is 268 Å². The molecule has 13 heteroatoms. The summed E-state index contributed by atoms with van der Waals surface area (Å²) in [6, 6.07) is 18.8. The summed E-state index contributed by atoms with van der Waals surface area (Å²) in [6.45, 7) is 0. The molecule has 0 spiro atoms. The first-order chi connectivity index (χ1) is 22.4. The summed E-state index contributed by atoms with van der Waals surface area (Å²) in [5.41, 5.74) is 0.826. The molecule has 1 heterocycles. The molecule has 0 saturated carbocycles. The van der Waals surface area contributed by atoms with Gasteiger partial charge in [0.05, 0.1) is 17.1 Å². The molecule has 0 aliphatic carbocycles. The predicted molar refractivity (Wildman–Crippen MR) is 162 cm³/mol. The zero-order valence-corrected chi connectivity index (χ0v) is 24.6. The predicted octanol–water partition coefficient (Wildman–Crippen LogP) is 7.81. The van der Waals surface area contributed by atoms with Gasteiger partial charge in [0.1, 0.15) is 29.0 Å². The van der Waals surface area contributed by atoms with Gasteiger partial charge in [0.25, 0.3) is 5.91 Å². The van der Waals surface area contributed by atoms with Gasteiger partial charge in [0, 0.05) is 51.8 Å². The Hall–Kier alpha value is -5.54. The fraction of sp³-hybridized carbons (Fsp3) is 0.118.